The van der Waals surface area contributed by atoms with Crippen LogP contribution in [0, 0.1) is 0 Å². The van der Waals surface area contributed by atoms with Gasteiger partial charge < -0.3 is 4.74 Å². The molecule has 0 fully saturated rings. The van der Waals surface area contributed by atoms with E-state index < -0.39 is 0 Å². The Balaban J connectivity index is 3.63. The van der Waals surface area contributed by atoms with Crippen molar-refractivity contribution >= 4 is 5.97 Å². The molecule has 0 amide bonds. The van der Waals surface area contributed by atoms with Gasteiger partial charge in [-0.05, 0) is 20.3 Å². The fraction of sp³-hybridized carbons (Fsp3) is 0.545. The van der Waals surface area contributed by atoms with Crippen LogP contribution in [0.4, 0.5) is 0 Å². The number of rotatable bonds is 5. The Bertz CT molecular complexity index is 202. The SMILES string of the molecule is CC=C(C)C=CCC(=O)OCCC. The van der Waals surface area contributed by atoms with Crippen molar-refractivity contribution in [1.29, 1.82) is 0 Å². The van der Waals surface area contributed by atoms with Crippen LogP contribution >= 0.6 is 0 Å². The molecule has 2 heteroatoms. The lowest BCUT2D eigenvalue weighted by molar-refractivity contribution is -0.142. The third-order valence-corrected chi connectivity index (χ3v) is 1.59. The lowest BCUT2D eigenvalue weighted by Crippen LogP contribution is -2.03. The van der Waals surface area contributed by atoms with E-state index in [1.54, 1.807) is 0 Å². The largest absolute Gasteiger partial charge is 0.465 e. The molecule has 0 aliphatic carbocycles. The van der Waals surface area contributed by atoms with Gasteiger partial charge in [0.1, 0.15) is 0 Å². The molecule has 0 aliphatic rings. The summed E-state index contributed by atoms with van der Waals surface area (Å²) in [6.07, 6.45) is 6.99. The molecular weight excluding hydrogens is 164 g/mol. The smallest absolute Gasteiger partial charge is 0.309 e. The summed E-state index contributed by atoms with van der Waals surface area (Å²) in [4.78, 5) is 11.0. The first kappa shape index (κ1) is 11.9. The minimum atomic E-state index is -0.151. The number of carbonyl (C=O) groups excluding carboxylic acids is 1. The lowest BCUT2D eigenvalue weighted by atomic mass is 10.2. The summed E-state index contributed by atoms with van der Waals surface area (Å²) < 4.78 is 4.90. The van der Waals surface area contributed by atoms with Gasteiger partial charge in [-0.2, -0.15) is 0 Å². The molecule has 13 heavy (non-hydrogen) atoms. The fourth-order valence-electron chi connectivity index (χ4n) is 0.712. The van der Waals surface area contributed by atoms with E-state index in [0.717, 1.165) is 12.0 Å². The average Bonchev–Trinajstić information content (AvgIpc) is 2.14. The van der Waals surface area contributed by atoms with E-state index in [-0.39, 0.29) is 5.97 Å². The first-order valence-electron chi connectivity index (χ1n) is 4.65. The highest BCUT2D eigenvalue weighted by Crippen LogP contribution is 1.96. The monoisotopic (exact) mass is 182 g/mol. The molecular formula is C11H18O2. The Morgan fingerprint density at radius 1 is 1.46 bits per heavy atom. The van der Waals surface area contributed by atoms with Crippen LogP contribution in [-0.2, 0) is 9.53 Å². The maximum atomic E-state index is 11.0. The van der Waals surface area contributed by atoms with Crippen molar-refractivity contribution in [3.63, 3.8) is 0 Å². The normalized spacial score (nSPS) is 12.1. The molecule has 0 bridgehead atoms. The van der Waals surface area contributed by atoms with Crippen LogP contribution in [0.25, 0.3) is 0 Å². The van der Waals surface area contributed by atoms with Crippen LogP contribution in [-0.4, -0.2) is 12.6 Å². The first-order chi connectivity index (χ1) is 6.20. The minimum Gasteiger partial charge on any atom is -0.465 e. The van der Waals surface area contributed by atoms with Crippen molar-refractivity contribution in [3.05, 3.63) is 23.8 Å². The Morgan fingerprint density at radius 2 is 2.15 bits per heavy atom. The van der Waals surface area contributed by atoms with Gasteiger partial charge >= 0.3 is 5.97 Å². The van der Waals surface area contributed by atoms with E-state index in [1.807, 2.05) is 39.0 Å². The summed E-state index contributed by atoms with van der Waals surface area (Å²) in [5.74, 6) is -0.151. The van der Waals surface area contributed by atoms with Crippen molar-refractivity contribution < 1.29 is 9.53 Å². The number of carbonyl (C=O) groups is 1. The van der Waals surface area contributed by atoms with Gasteiger partial charge in [-0.25, -0.2) is 0 Å². The number of ether oxygens (including phenoxy) is 1. The highest BCUT2D eigenvalue weighted by molar-refractivity contribution is 5.71. The second kappa shape index (κ2) is 7.59. The van der Waals surface area contributed by atoms with E-state index in [9.17, 15) is 4.79 Å². The summed E-state index contributed by atoms with van der Waals surface area (Å²) in [7, 11) is 0. The number of esters is 1. The van der Waals surface area contributed by atoms with Gasteiger partial charge in [0.05, 0.1) is 13.0 Å². The molecule has 0 unspecified atom stereocenters. The highest BCUT2D eigenvalue weighted by atomic mass is 16.5. The Morgan fingerprint density at radius 3 is 2.69 bits per heavy atom. The van der Waals surface area contributed by atoms with Crippen molar-refractivity contribution in [3.8, 4) is 0 Å². The second-order valence-corrected chi connectivity index (χ2v) is 2.86. The van der Waals surface area contributed by atoms with Crippen LogP contribution in [0.5, 0.6) is 0 Å². The molecule has 0 aliphatic heterocycles. The van der Waals surface area contributed by atoms with Gasteiger partial charge in [-0.3, -0.25) is 4.79 Å². The van der Waals surface area contributed by atoms with Gasteiger partial charge in [-0.1, -0.05) is 30.7 Å². The van der Waals surface area contributed by atoms with Gasteiger partial charge in [0, 0.05) is 0 Å². The van der Waals surface area contributed by atoms with Gasteiger partial charge in [0.15, 0.2) is 0 Å². The molecule has 2 nitrogen and oxygen atoms in total. The quantitative estimate of drug-likeness (QED) is 0.482. The molecule has 0 saturated carbocycles. The number of allylic oxidation sites excluding steroid dienone is 3. The number of hydrogen-bond acceptors (Lipinski definition) is 2. The third kappa shape index (κ3) is 7.32. The van der Waals surface area contributed by atoms with E-state index in [2.05, 4.69) is 0 Å². The van der Waals surface area contributed by atoms with E-state index >= 15 is 0 Å². The maximum absolute atomic E-state index is 11.0. The van der Waals surface area contributed by atoms with Gasteiger partial charge in [0.2, 0.25) is 0 Å². The van der Waals surface area contributed by atoms with Gasteiger partial charge in [-0.15, -0.1) is 0 Å². The van der Waals surface area contributed by atoms with Crippen LogP contribution in [0.1, 0.15) is 33.6 Å². The van der Waals surface area contributed by atoms with Crippen molar-refractivity contribution in [2.24, 2.45) is 0 Å². The van der Waals surface area contributed by atoms with Crippen LogP contribution in [0.3, 0.4) is 0 Å². The summed E-state index contributed by atoms with van der Waals surface area (Å²) in [6, 6.07) is 0. The van der Waals surface area contributed by atoms with E-state index in [4.69, 9.17) is 4.74 Å². The molecule has 0 heterocycles. The summed E-state index contributed by atoms with van der Waals surface area (Å²) in [5, 5.41) is 0. The Labute approximate surface area is 80.3 Å². The zero-order valence-electron chi connectivity index (χ0n) is 8.67. The van der Waals surface area contributed by atoms with E-state index in [1.165, 1.54) is 0 Å². The topological polar surface area (TPSA) is 26.3 Å². The molecule has 74 valence electrons. The van der Waals surface area contributed by atoms with Crippen LogP contribution < -0.4 is 0 Å². The number of hydrogen-bond donors (Lipinski definition) is 0. The molecule has 0 rings (SSSR count). The molecule has 0 saturated heterocycles. The average molecular weight is 182 g/mol. The molecule has 0 aromatic carbocycles. The predicted molar refractivity (Wildman–Crippen MR) is 54.4 cm³/mol. The summed E-state index contributed by atoms with van der Waals surface area (Å²) >= 11 is 0. The lowest BCUT2D eigenvalue weighted by Gasteiger charge is -1.98. The molecule has 0 aromatic rings. The van der Waals surface area contributed by atoms with Crippen molar-refractivity contribution in [1.82, 2.24) is 0 Å². The zero-order chi connectivity index (χ0) is 10.1. The van der Waals surface area contributed by atoms with Crippen LogP contribution in [0.2, 0.25) is 0 Å². The summed E-state index contributed by atoms with van der Waals surface area (Å²) in [6.45, 7) is 6.46. The summed E-state index contributed by atoms with van der Waals surface area (Å²) in [5.41, 5.74) is 1.16. The Hall–Kier alpha value is -1.05. The fourth-order valence-corrected chi connectivity index (χ4v) is 0.712. The zero-order valence-corrected chi connectivity index (χ0v) is 8.67. The van der Waals surface area contributed by atoms with Crippen molar-refractivity contribution in [2.45, 2.75) is 33.6 Å². The van der Waals surface area contributed by atoms with Crippen molar-refractivity contribution in [2.75, 3.05) is 6.61 Å². The minimum absolute atomic E-state index is 0.151. The Kier molecular flexibility index (Phi) is 6.98. The highest BCUT2D eigenvalue weighted by Gasteiger charge is 1.96. The molecule has 0 radical (unpaired) electrons. The molecule has 0 N–H and O–H groups in total. The maximum Gasteiger partial charge on any atom is 0.309 e. The molecule has 0 aromatic heterocycles. The third-order valence-electron chi connectivity index (χ3n) is 1.59. The standard InChI is InChI=1S/C11H18O2/c1-4-9-13-11(12)8-6-7-10(3)5-2/h5-7H,4,8-9H2,1-3H3. The molecule has 0 spiro atoms. The predicted octanol–water partition coefficient (Wildman–Crippen LogP) is 2.85. The van der Waals surface area contributed by atoms with E-state index in [0.29, 0.717) is 13.0 Å². The van der Waals surface area contributed by atoms with Gasteiger partial charge in [0.25, 0.3) is 0 Å². The molecule has 0 atom stereocenters. The first-order valence-corrected chi connectivity index (χ1v) is 4.65. The van der Waals surface area contributed by atoms with Crippen LogP contribution in [0.15, 0.2) is 23.8 Å². The second-order valence-electron chi connectivity index (χ2n) is 2.86.